The van der Waals surface area contributed by atoms with Gasteiger partial charge in [-0.05, 0) is 24.6 Å². The van der Waals surface area contributed by atoms with E-state index in [2.05, 4.69) is 15.3 Å². The van der Waals surface area contributed by atoms with Gasteiger partial charge in [0.1, 0.15) is 18.2 Å². The van der Waals surface area contributed by atoms with Crippen LogP contribution >= 0.6 is 0 Å². The number of ether oxygens (including phenoxy) is 2. The number of nitrogens with two attached hydrogens (primary N) is 1. The van der Waals surface area contributed by atoms with Crippen molar-refractivity contribution in [1.29, 1.82) is 0 Å². The second-order valence-electron chi connectivity index (χ2n) is 6.20. The Morgan fingerprint density at radius 3 is 3.12 bits per heavy atom. The Morgan fingerprint density at radius 1 is 1.46 bits per heavy atom. The lowest BCUT2D eigenvalue weighted by atomic mass is 10.1. The SMILES string of the molecule is NC(=O)CO[C@@H]1CCOC[C@@H]1NC(=O)CCc1nc2ccc(F)cc2[nH]1. The summed E-state index contributed by atoms with van der Waals surface area (Å²) in [6, 6.07) is 3.96. The number of imidazole rings is 1. The molecule has 0 saturated carbocycles. The molecule has 4 N–H and O–H groups in total. The molecule has 1 saturated heterocycles. The second kappa shape index (κ2) is 8.24. The monoisotopic (exact) mass is 364 g/mol. The zero-order chi connectivity index (χ0) is 18.5. The Hall–Kier alpha value is -2.52. The van der Waals surface area contributed by atoms with Crippen molar-refractivity contribution in [2.24, 2.45) is 5.73 Å². The third-order valence-corrected chi connectivity index (χ3v) is 4.16. The molecule has 2 amide bonds. The summed E-state index contributed by atoms with van der Waals surface area (Å²) in [5.41, 5.74) is 6.35. The van der Waals surface area contributed by atoms with Crippen LogP contribution in [0.4, 0.5) is 4.39 Å². The predicted octanol–water partition coefficient (Wildman–Crippen LogP) is 0.410. The highest BCUT2D eigenvalue weighted by atomic mass is 19.1. The van der Waals surface area contributed by atoms with E-state index in [4.69, 9.17) is 15.2 Å². The number of rotatable bonds is 7. The minimum absolute atomic E-state index is 0.181. The summed E-state index contributed by atoms with van der Waals surface area (Å²) < 4.78 is 24.0. The molecule has 1 aliphatic heterocycles. The van der Waals surface area contributed by atoms with Crippen LogP contribution in [0.2, 0.25) is 0 Å². The number of nitrogens with zero attached hydrogens (tertiary/aromatic N) is 1. The van der Waals surface area contributed by atoms with Crippen LogP contribution in [0.25, 0.3) is 11.0 Å². The summed E-state index contributed by atoms with van der Waals surface area (Å²) in [6.07, 6.45) is 0.867. The van der Waals surface area contributed by atoms with Crippen molar-refractivity contribution < 1.29 is 23.5 Å². The number of halogens is 1. The van der Waals surface area contributed by atoms with Gasteiger partial charge in [0.25, 0.3) is 0 Å². The third-order valence-electron chi connectivity index (χ3n) is 4.16. The van der Waals surface area contributed by atoms with Gasteiger partial charge in [-0.2, -0.15) is 0 Å². The summed E-state index contributed by atoms with van der Waals surface area (Å²) in [5, 5.41) is 2.86. The molecule has 140 valence electrons. The largest absolute Gasteiger partial charge is 0.379 e. The summed E-state index contributed by atoms with van der Waals surface area (Å²) in [5.74, 6) is -0.463. The van der Waals surface area contributed by atoms with Gasteiger partial charge >= 0.3 is 0 Å². The number of carbonyl (C=O) groups excluding carboxylic acids is 2. The van der Waals surface area contributed by atoms with Crippen LogP contribution in [-0.4, -0.2) is 53.7 Å². The zero-order valence-corrected chi connectivity index (χ0v) is 14.2. The highest BCUT2D eigenvalue weighted by Crippen LogP contribution is 2.15. The van der Waals surface area contributed by atoms with Crippen LogP contribution in [0.5, 0.6) is 0 Å². The van der Waals surface area contributed by atoms with E-state index < -0.39 is 5.91 Å². The number of primary amides is 1. The maximum atomic E-state index is 13.2. The molecule has 0 unspecified atom stereocenters. The molecule has 0 bridgehead atoms. The Morgan fingerprint density at radius 2 is 2.31 bits per heavy atom. The molecular formula is C17H21FN4O4. The standard InChI is InChI=1S/C17H21FN4O4/c18-10-1-2-11-12(7-10)21-16(20-11)3-4-17(24)22-13-8-25-6-5-14(13)26-9-15(19)23/h1-2,7,13-14H,3-6,8-9H2,(H2,19,23)(H,20,21)(H,22,24)/t13-,14+/m0/s1. The fourth-order valence-corrected chi connectivity index (χ4v) is 2.91. The van der Waals surface area contributed by atoms with Crippen LogP contribution in [-0.2, 0) is 25.5 Å². The molecule has 1 aliphatic rings. The van der Waals surface area contributed by atoms with Crippen molar-refractivity contribution in [1.82, 2.24) is 15.3 Å². The van der Waals surface area contributed by atoms with Crippen LogP contribution in [0.15, 0.2) is 18.2 Å². The van der Waals surface area contributed by atoms with E-state index in [9.17, 15) is 14.0 Å². The van der Waals surface area contributed by atoms with E-state index in [1.54, 1.807) is 6.07 Å². The molecule has 2 atom stereocenters. The fraction of sp³-hybridized carbons (Fsp3) is 0.471. The van der Waals surface area contributed by atoms with Gasteiger partial charge in [-0.15, -0.1) is 0 Å². The zero-order valence-electron chi connectivity index (χ0n) is 14.2. The number of aryl methyl sites for hydroxylation is 1. The highest BCUT2D eigenvalue weighted by molar-refractivity contribution is 5.77. The van der Waals surface area contributed by atoms with Crippen molar-refractivity contribution in [2.75, 3.05) is 19.8 Å². The normalized spacial score (nSPS) is 20.2. The number of aromatic amines is 1. The number of amides is 2. The number of hydrogen-bond acceptors (Lipinski definition) is 5. The van der Waals surface area contributed by atoms with Gasteiger partial charge in [-0.25, -0.2) is 9.37 Å². The number of nitrogens with one attached hydrogen (secondary N) is 2. The van der Waals surface area contributed by atoms with Gasteiger partial charge < -0.3 is 25.5 Å². The molecule has 1 fully saturated rings. The van der Waals surface area contributed by atoms with Gasteiger partial charge in [0.05, 0.1) is 29.8 Å². The van der Waals surface area contributed by atoms with Gasteiger partial charge in [-0.1, -0.05) is 0 Å². The first-order chi connectivity index (χ1) is 12.5. The smallest absolute Gasteiger partial charge is 0.243 e. The Bertz CT molecular complexity index is 794. The Kier molecular flexibility index (Phi) is 5.79. The molecule has 3 rings (SSSR count). The minimum atomic E-state index is -0.553. The maximum absolute atomic E-state index is 13.2. The summed E-state index contributed by atoms with van der Waals surface area (Å²) in [7, 11) is 0. The molecular weight excluding hydrogens is 343 g/mol. The lowest BCUT2D eigenvalue weighted by Gasteiger charge is -2.31. The van der Waals surface area contributed by atoms with Crippen molar-refractivity contribution >= 4 is 22.8 Å². The van der Waals surface area contributed by atoms with Crippen LogP contribution in [0.3, 0.4) is 0 Å². The minimum Gasteiger partial charge on any atom is -0.379 e. The van der Waals surface area contributed by atoms with Gasteiger partial charge in [0.2, 0.25) is 11.8 Å². The molecule has 1 aromatic carbocycles. The molecule has 0 aliphatic carbocycles. The average Bonchev–Trinajstić information content (AvgIpc) is 3.01. The number of hydrogen-bond donors (Lipinski definition) is 3. The van der Waals surface area contributed by atoms with Gasteiger partial charge in [-0.3, -0.25) is 9.59 Å². The fourth-order valence-electron chi connectivity index (χ4n) is 2.91. The van der Waals surface area contributed by atoms with Gasteiger partial charge in [0.15, 0.2) is 0 Å². The predicted molar refractivity (Wildman–Crippen MR) is 90.7 cm³/mol. The maximum Gasteiger partial charge on any atom is 0.243 e. The highest BCUT2D eigenvalue weighted by Gasteiger charge is 2.28. The number of aromatic nitrogens is 2. The number of fused-ring (bicyclic) bond motifs is 1. The van der Waals surface area contributed by atoms with E-state index in [0.29, 0.717) is 42.9 Å². The first kappa shape index (κ1) is 18.3. The van der Waals surface area contributed by atoms with E-state index in [-0.39, 0.29) is 36.9 Å². The van der Waals surface area contributed by atoms with E-state index in [1.807, 2.05) is 0 Å². The number of carbonyl (C=O) groups is 2. The van der Waals surface area contributed by atoms with Gasteiger partial charge in [0, 0.05) is 19.4 Å². The molecule has 8 nitrogen and oxygen atoms in total. The first-order valence-corrected chi connectivity index (χ1v) is 8.42. The topological polar surface area (TPSA) is 119 Å². The van der Waals surface area contributed by atoms with E-state index in [0.717, 1.165) is 0 Å². The molecule has 26 heavy (non-hydrogen) atoms. The van der Waals surface area contributed by atoms with Crippen LogP contribution in [0, 0.1) is 5.82 Å². The van der Waals surface area contributed by atoms with Crippen LogP contribution < -0.4 is 11.1 Å². The molecule has 9 heteroatoms. The molecule has 0 radical (unpaired) electrons. The van der Waals surface area contributed by atoms with Crippen molar-refractivity contribution in [3.8, 4) is 0 Å². The van der Waals surface area contributed by atoms with Crippen LogP contribution in [0.1, 0.15) is 18.7 Å². The lowest BCUT2D eigenvalue weighted by Crippen LogP contribution is -2.51. The number of benzene rings is 1. The quantitative estimate of drug-likeness (QED) is 0.657. The second-order valence-corrected chi connectivity index (χ2v) is 6.20. The summed E-state index contributed by atoms with van der Waals surface area (Å²) >= 11 is 0. The Labute approximate surface area is 149 Å². The van der Waals surface area contributed by atoms with Crippen molar-refractivity contribution in [3.05, 3.63) is 29.8 Å². The number of H-pyrrole nitrogens is 1. The lowest BCUT2D eigenvalue weighted by molar-refractivity contribution is -0.131. The summed E-state index contributed by atoms with van der Waals surface area (Å²) in [6.45, 7) is 0.636. The average molecular weight is 364 g/mol. The summed E-state index contributed by atoms with van der Waals surface area (Å²) in [4.78, 5) is 30.4. The van der Waals surface area contributed by atoms with E-state index >= 15 is 0 Å². The van der Waals surface area contributed by atoms with Crippen molar-refractivity contribution in [3.63, 3.8) is 0 Å². The molecule has 1 aromatic heterocycles. The van der Waals surface area contributed by atoms with Crippen molar-refractivity contribution in [2.45, 2.75) is 31.4 Å². The molecule has 0 spiro atoms. The molecule has 2 aromatic rings. The first-order valence-electron chi connectivity index (χ1n) is 8.42. The molecule has 2 heterocycles. The van der Waals surface area contributed by atoms with E-state index in [1.165, 1.54) is 12.1 Å². The third kappa shape index (κ3) is 4.77. The Balaban J connectivity index is 1.52.